The van der Waals surface area contributed by atoms with Crippen molar-refractivity contribution in [2.45, 2.75) is 27.3 Å². The van der Waals surface area contributed by atoms with Crippen molar-refractivity contribution in [2.75, 3.05) is 11.9 Å². The van der Waals surface area contributed by atoms with Crippen LogP contribution in [0.1, 0.15) is 26.3 Å². The van der Waals surface area contributed by atoms with Crippen molar-refractivity contribution < 1.29 is 9.59 Å². The molecule has 0 heterocycles. The minimum atomic E-state index is -0.559. The Balaban J connectivity index is 0.00000361. The minimum Gasteiger partial charge on any atom is -0.352 e. The van der Waals surface area contributed by atoms with Crippen LogP contribution < -0.4 is 16.4 Å². The van der Waals surface area contributed by atoms with Gasteiger partial charge in [-0.15, -0.1) is 12.4 Å². The van der Waals surface area contributed by atoms with Gasteiger partial charge < -0.3 is 16.4 Å². The molecule has 2 amide bonds. The maximum Gasteiger partial charge on any atom is 0.227 e. The Kier molecular flexibility index (Phi) is 7.24. The lowest BCUT2D eigenvalue weighted by molar-refractivity contribution is -0.129. The number of hydrogen-bond donors (Lipinski definition) is 3. The molecule has 0 bridgehead atoms. The van der Waals surface area contributed by atoms with Gasteiger partial charge >= 0.3 is 0 Å². The van der Waals surface area contributed by atoms with Crippen molar-refractivity contribution in [3.05, 3.63) is 29.8 Å². The smallest absolute Gasteiger partial charge is 0.227 e. The van der Waals surface area contributed by atoms with Gasteiger partial charge in [-0.1, -0.05) is 12.1 Å². The van der Waals surface area contributed by atoms with Crippen molar-refractivity contribution in [1.82, 2.24) is 5.32 Å². The van der Waals surface area contributed by atoms with E-state index in [0.717, 1.165) is 11.3 Å². The molecule has 1 rings (SSSR count). The van der Waals surface area contributed by atoms with Crippen LogP contribution in [0.25, 0.3) is 0 Å². The van der Waals surface area contributed by atoms with Gasteiger partial charge in [-0.2, -0.15) is 0 Å². The lowest BCUT2D eigenvalue weighted by Crippen LogP contribution is -2.41. The molecular formula is C14H22ClN3O2. The van der Waals surface area contributed by atoms with Gasteiger partial charge in [-0.3, -0.25) is 9.59 Å². The molecule has 112 valence electrons. The van der Waals surface area contributed by atoms with Gasteiger partial charge in [0.2, 0.25) is 11.8 Å². The fourth-order valence-corrected chi connectivity index (χ4v) is 1.42. The topological polar surface area (TPSA) is 84.2 Å². The highest BCUT2D eigenvalue weighted by atomic mass is 35.5. The number of hydrogen-bond acceptors (Lipinski definition) is 3. The SMILES string of the molecule is CC(=O)Nc1ccc(CNC(=O)C(C)(C)CN)cc1.Cl. The standard InChI is InChI=1S/C14H21N3O2.ClH/c1-10(18)17-12-6-4-11(5-7-12)8-16-13(19)14(2,3)9-15;/h4-7H,8-9,15H2,1-3H3,(H,16,19)(H,17,18);1H. The second kappa shape index (κ2) is 7.87. The van der Waals surface area contributed by atoms with E-state index < -0.39 is 5.41 Å². The quantitative estimate of drug-likeness (QED) is 0.773. The number of halogens is 1. The molecule has 1 aromatic carbocycles. The first kappa shape index (κ1) is 18.4. The summed E-state index contributed by atoms with van der Waals surface area (Å²) in [6.07, 6.45) is 0. The van der Waals surface area contributed by atoms with Crippen molar-refractivity contribution in [2.24, 2.45) is 11.1 Å². The molecule has 0 saturated carbocycles. The van der Waals surface area contributed by atoms with E-state index in [2.05, 4.69) is 10.6 Å². The summed E-state index contributed by atoms with van der Waals surface area (Å²) in [5.74, 6) is -0.174. The normalized spacial score (nSPS) is 10.4. The summed E-state index contributed by atoms with van der Waals surface area (Å²) in [6, 6.07) is 7.33. The van der Waals surface area contributed by atoms with Gasteiger partial charge in [-0.05, 0) is 31.5 Å². The fourth-order valence-electron chi connectivity index (χ4n) is 1.42. The molecule has 20 heavy (non-hydrogen) atoms. The summed E-state index contributed by atoms with van der Waals surface area (Å²) in [7, 11) is 0. The first-order valence-electron chi connectivity index (χ1n) is 6.20. The summed E-state index contributed by atoms with van der Waals surface area (Å²) in [5.41, 5.74) is 6.69. The van der Waals surface area contributed by atoms with E-state index in [1.807, 2.05) is 26.0 Å². The van der Waals surface area contributed by atoms with Gasteiger partial charge in [0.15, 0.2) is 0 Å². The third kappa shape index (κ3) is 5.59. The maximum atomic E-state index is 11.8. The van der Waals surface area contributed by atoms with E-state index in [9.17, 15) is 9.59 Å². The molecule has 0 aliphatic carbocycles. The Morgan fingerprint density at radius 1 is 1.20 bits per heavy atom. The molecule has 0 spiro atoms. The summed E-state index contributed by atoms with van der Waals surface area (Å²) in [4.78, 5) is 22.7. The Labute approximate surface area is 125 Å². The highest BCUT2D eigenvalue weighted by molar-refractivity contribution is 5.88. The first-order chi connectivity index (χ1) is 8.85. The number of nitrogens with one attached hydrogen (secondary N) is 2. The summed E-state index contributed by atoms with van der Waals surface area (Å²) in [6.45, 7) is 5.83. The van der Waals surface area contributed by atoms with Gasteiger partial charge in [0.05, 0.1) is 5.41 Å². The molecule has 1 aromatic rings. The number of benzene rings is 1. The Morgan fingerprint density at radius 3 is 2.20 bits per heavy atom. The third-order valence-corrected chi connectivity index (χ3v) is 2.85. The summed E-state index contributed by atoms with van der Waals surface area (Å²) < 4.78 is 0. The predicted octanol–water partition coefficient (Wildman–Crippen LogP) is 1.67. The number of carbonyl (C=O) groups excluding carboxylic acids is 2. The average molecular weight is 300 g/mol. The fraction of sp³-hybridized carbons (Fsp3) is 0.429. The molecule has 0 unspecified atom stereocenters. The van der Waals surface area contributed by atoms with Gasteiger partial charge in [-0.25, -0.2) is 0 Å². The molecule has 5 nitrogen and oxygen atoms in total. The maximum absolute atomic E-state index is 11.8. The van der Waals surface area contributed by atoms with Gasteiger partial charge in [0.25, 0.3) is 0 Å². The van der Waals surface area contributed by atoms with E-state index in [1.54, 1.807) is 12.1 Å². The van der Waals surface area contributed by atoms with Crippen molar-refractivity contribution in [1.29, 1.82) is 0 Å². The van der Waals surface area contributed by atoms with Crippen LogP contribution in [0.3, 0.4) is 0 Å². The zero-order valence-electron chi connectivity index (χ0n) is 12.0. The zero-order valence-corrected chi connectivity index (χ0v) is 12.8. The molecule has 0 atom stereocenters. The van der Waals surface area contributed by atoms with Crippen LogP contribution >= 0.6 is 12.4 Å². The number of nitrogens with two attached hydrogens (primary N) is 1. The Hall–Kier alpha value is -1.59. The zero-order chi connectivity index (χ0) is 14.5. The predicted molar refractivity (Wildman–Crippen MR) is 82.7 cm³/mol. The monoisotopic (exact) mass is 299 g/mol. The largest absolute Gasteiger partial charge is 0.352 e. The second-order valence-corrected chi connectivity index (χ2v) is 5.15. The summed E-state index contributed by atoms with van der Waals surface area (Å²) >= 11 is 0. The first-order valence-corrected chi connectivity index (χ1v) is 6.20. The second-order valence-electron chi connectivity index (χ2n) is 5.15. The third-order valence-electron chi connectivity index (χ3n) is 2.85. The van der Waals surface area contributed by atoms with Crippen LogP contribution in [0.5, 0.6) is 0 Å². The van der Waals surface area contributed by atoms with E-state index in [1.165, 1.54) is 6.92 Å². The van der Waals surface area contributed by atoms with Crippen LogP contribution in [0.15, 0.2) is 24.3 Å². The average Bonchev–Trinajstić information content (AvgIpc) is 2.36. The van der Waals surface area contributed by atoms with Crippen molar-refractivity contribution in [3.63, 3.8) is 0 Å². The van der Waals surface area contributed by atoms with Crippen LogP contribution in [-0.4, -0.2) is 18.4 Å². The van der Waals surface area contributed by atoms with Crippen LogP contribution in [0.2, 0.25) is 0 Å². The van der Waals surface area contributed by atoms with Gasteiger partial charge in [0.1, 0.15) is 0 Å². The molecular weight excluding hydrogens is 278 g/mol. The van der Waals surface area contributed by atoms with Crippen LogP contribution in [0.4, 0.5) is 5.69 Å². The van der Waals surface area contributed by atoms with Gasteiger partial charge in [0, 0.05) is 25.7 Å². The Bertz CT molecular complexity index is 458. The molecule has 0 aromatic heterocycles. The molecule has 0 aliphatic heterocycles. The van der Waals surface area contributed by atoms with E-state index in [0.29, 0.717) is 13.1 Å². The van der Waals surface area contributed by atoms with E-state index >= 15 is 0 Å². The summed E-state index contributed by atoms with van der Waals surface area (Å²) in [5, 5.41) is 5.53. The molecule has 0 radical (unpaired) electrons. The molecule has 4 N–H and O–H groups in total. The van der Waals surface area contributed by atoms with E-state index in [-0.39, 0.29) is 24.2 Å². The molecule has 0 fully saturated rings. The molecule has 6 heteroatoms. The molecule has 0 aliphatic rings. The number of rotatable bonds is 5. The minimum absolute atomic E-state index is 0. The number of anilines is 1. The lowest BCUT2D eigenvalue weighted by atomic mass is 9.92. The highest BCUT2D eigenvalue weighted by Crippen LogP contribution is 2.13. The lowest BCUT2D eigenvalue weighted by Gasteiger charge is -2.21. The Morgan fingerprint density at radius 2 is 1.75 bits per heavy atom. The van der Waals surface area contributed by atoms with Crippen LogP contribution in [-0.2, 0) is 16.1 Å². The molecule has 0 saturated heterocycles. The van der Waals surface area contributed by atoms with E-state index in [4.69, 9.17) is 5.73 Å². The number of amides is 2. The van der Waals surface area contributed by atoms with Crippen LogP contribution in [0, 0.1) is 5.41 Å². The number of carbonyl (C=O) groups is 2. The van der Waals surface area contributed by atoms with Crippen molar-refractivity contribution in [3.8, 4) is 0 Å². The van der Waals surface area contributed by atoms with Crippen molar-refractivity contribution >= 4 is 29.9 Å². The highest BCUT2D eigenvalue weighted by Gasteiger charge is 2.25.